The summed E-state index contributed by atoms with van der Waals surface area (Å²) in [7, 11) is 0. The lowest BCUT2D eigenvalue weighted by Gasteiger charge is -1.97. The molecule has 0 aliphatic heterocycles. The van der Waals surface area contributed by atoms with E-state index >= 15 is 0 Å². The first-order chi connectivity index (χ1) is 9.77. The summed E-state index contributed by atoms with van der Waals surface area (Å²) in [5.74, 6) is 0. The Morgan fingerprint density at radius 3 is 2.94 bits per heavy atom. The van der Waals surface area contributed by atoms with Gasteiger partial charge in [0.05, 0.1) is 11.9 Å². The van der Waals surface area contributed by atoms with Crippen LogP contribution >= 0.6 is 27.5 Å². The first-order valence-electron chi connectivity index (χ1n) is 7.04. The molecule has 3 heteroatoms. The molecule has 0 aliphatic carbocycles. The molecule has 0 amide bonds. The Bertz CT molecular complexity index is 860. The molecule has 1 aromatic heterocycles. The molecule has 0 spiro atoms. The van der Waals surface area contributed by atoms with Gasteiger partial charge in [0.1, 0.15) is 11.2 Å². The zero-order valence-electron chi connectivity index (χ0n) is 13.2. The van der Waals surface area contributed by atoms with Crippen molar-refractivity contribution in [3.8, 4) is 0 Å². The van der Waals surface area contributed by atoms with E-state index < -0.39 is 0 Å². The fraction of sp³-hybridized carbons (Fsp3) is 0.0769. The Labute approximate surface area is 113 Å². The Balaban J connectivity index is 2.73. The second-order valence-electron chi connectivity index (χ2n) is 3.39. The van der Waals surface area contributed by atoms with E-state index in [1.807, 2.05) is 0 Å². The van der Waals surface area contributed by atoms with Crippen LogP contribution in [0.15, 0.2) is 39.1 Å². The van der Waals surface area contributed by atoms with Crippen molar-refractivity contribution in [3.05, 3.63) is 45.3 Å². The van der Waals surface area contributed by atoms with Crippen LogP contribution in [-0.2, 0) is 0 Å². The van der Waals surface area contributed by atoms with Crippen LogP contribution in [0.4, 0.5) is 0 Å². The SMILES string of the molecule is [2H]c1c([2H])c(Cl)c2c(oc3c([2H])c(C)c(Br)c([2H])c32)c1[2H]. The second-order valence-corrected chi connectivity index (χ2v) is 4.56. The number of halogens is 2. The van der Waals surface area contributed by atoms with E-state index in [-0.39, 0.29) is 51.8 Å². The van der Waals surface area contributed by atoms with Gasteiger partial charge in [0, 0.05) is 15.2 Å². The smallest absolute Gasteiger partial charge is 0.136 e. The van der Waals surface area contributed by atoms with Gasteiger partial charge in [-0.25, -0.2) is 0 Å². The van der Waals surface area contributed by atoms with Gasteiger partial charge in [-0.1, -0.05) is 33.6 Å². The molecule has 0 radical (unpaired) electrons. The molecule has 80 valence electrons. The summed E-state index contributed by atoms with van der Waals surface area (Å²) in [6.45, 7) is 1.69. The van der Waals surface area contributed by atoms with E-state index in [0.717, 1.165) is 0 Å². The molecule has 0 aliphatic rings. The first kappa shape index (κ1) is 6.08. The maximum atomic E-state index is 8.20. The molecule has 0 bridgehead atoms. The van der Waals surface area contributed by atoms with Crippen molar-refractivity contribution in [1.29, 1.82) is 0 Å². The summed E-state index contributed by atoms with van der Waals surface area (Å²) in [6.07, 6.45) is 0. The van der Waals surface area contributed by atoms with Crippen LogP contribution in [0.2, 0.25) is 5.02 Å². The molecule has 1 heterocycles. The third kappa shape index (κ3) is 1.37. The van der Waals surface area contributed by atoms with Gasteiger partial charge in [0.15, 0.2) is 0 Å². The zero-order chi connectivity index (χ0) is 15.6. The molecule has 0 unspecified atom stereocenters. The molecule has 3 aromatic rings. The van der Waals surface area contributed by atoms with Gasteiger partial charge >= 0.3 is 0 Å². The topological polar surface area (TPSA) is 13.1 Å². The Hall–Kier alpha value is -0.990. The van der Waals surface area contributed by atoms with Crippen LogP contribution < -0.4 is 0 Å². The molecule has 0 N–H and O–H groups in total. The van der Waals surface area contributed by atoms with E-state index in [1.54, 1.807) is 6.92 Å². The number of rotatable bonds is 0. The number of hydrogen-bond donors (Lipinski definition) is 0. The van der Waals surface area contributed by atoms with Crippen LogP contribution in [0.1, 0.15) is 12.4 Å². The number of benzene rings is 2. The molecule has 0 saturated heterocycles. The molecule has 2 aromatic carbocycles. The molecule has 0 saturated carbocycles. The van der Waals surface area contributed by atoms with E-state index in [4.69, 9.17) is 22.9 Å². The highest BCUT2D eigenvalue weighted by molar-refractivity contribution is 9.10. The lowest BCUT2D eigenvalue weighted by atomic mass is 10.1. The Morgan fingerprint density at radius 2 is 2.12 bits per heavy atom. The largest absolute Gasteiger partial charge is 0.456 e. The van der Waals surface area contributed by atoms with Crippen LogP contribution in [0.25, 0.3) is 21.9 Å². The van der Waals surface area contributed by atoms with E-state index in [1.165, 1.54) is 0 Å². The average Bonchev–Trinajstić information content (AvgIpc) is 2.87. The zero-order valence-corrected chi connectivity index (χ0v) is 10.5. The van der Waals surface area contributed by atoms with Crippen LogP contribution in [-0.4, -0.2) is 0 Å². The fourth-order valence-corrected chi connectivity index (χ4v) is 2.09. The highest BCUT2D eigenvalue weighted by atomic mass is 79.9. The quantitative estimate of drug-likeness (QED) is 0.548. The molecular formula is C13H8BrClO. The summed E-state index contributed by atoms with van der Waals surface area (Å²) in [4.78, 5) is 0. The minimum absolute atomic E-state index is 0.0339. The minimum Gasteiger partial charge on any atom is -0.456 e. The van der Waals surface area contributed by atoms with Crippen molar-refractivity contribution < 1.29 is 11.3 Å². The van der Waals surface area contributed by atoms with Crippen molar-refractivity contribution in [1.82, 2.24) is 0 Å². The first-order valence-corrected chi connectivity index (χ1v) is 5.71. The number of fused-ring (bicyclic) bond motifs is 3. The van der Waals surface area contributed by atoms with E-state index in [0.29, 0.717) is 15.4 Å². The van der Waals surface area contributed by atoms with Gasteiger partial charge in [0.25, 0.3) is 0 Å². The van der Waals surface area contributed by atoms with Crippen molar-refractivity contribution in [3.63, 3.8) is 0 Å². The summed E-state index contributed by atoms with van der Waals surface area (Å²) in [5, 5.41) is 0.504. The van der Waals surface area contributed by atoms with Crippen LogP contribution in [0, 0.1) is 6.92 Å². The fourth-order valence-electron chi connectivity index (χ4n) is 1.57. The summed E-state index contributed by atoms with van der Waals surface area (Å²) >= 11 is 9.40. The maximum Gasteiger partial charge on any atom is 0.136 e. The van der Waals surface area contributed by atoms with Crippen LogP contribution in [0.5, 0.6) is 0 Å². The molecule has 1 nitrogen and oxygen atoms in total. The van der Waals surface area contributed by atoms with Gasteiger partial charge < -0.3 is 4.42 Å². The van der Waals surface area contributed by atoms with Gasteiger partial charge in [-0.3, -0.25) is 0 Å². The lowest BCUT2D eigenvalue weighted by Crippen LogP contribution is -1.75. The minimum atomic E-state index is -0.333. The van der Waals surface area contributed by atoms with E-state index in [2.05, 4.69) is 15.9 Å². The standard InChI is InChI=1S/C13H8BrClO/c1-7-5-12-8(6-9(7)14)13-10(15)3-2-4-11(13)16-12/h2-6H,1H3/i2D,3D,4D,5D,6D. The number of hydrogen-bond acceptors (Lipinski definition) is 1. The third-order valence-corrected chi connectivity index (χ3v) is 3.42. The summed E-state index contributed by atoms with van der Waals surface area (Å²) in [5.41, 5.74) is 0.734. The predicted octanol–water partition coefficient (Wildman–Crippen LogP) is 5.31. The molecule has 16 heavy (non-hydrogen) atoms. The average molecular weight is 301 g/mol. The van der Waals surface area contributed by atoms with Crippen molar-refractivity contribution in [2.45, 2.75) is 6.92 Å². The Morgan fingerprint density at radius 1 is 1.31 bits per heavy atom. The van der Waals surface area contributed by atoms with Crippen molar-refractivity contribution in [2.24, 2.45) is 0 Å². The molecule has 0 atom stereocenters. The monoisotopic (exact) mass is 299 g/mol. The third-order valence-electron chi connectivity index (χ3n) is 2.34. The second kappa shape index (κ2) is 3.51. The Kier molecular flexibility index (Phi) is 1.33. The van der Waals surface area contributed by atoms with Gasteiger partial charge in [-0.2, -0.15) is 0 Å². The van der Waals surface area contributed by atoms with Gasteiger partial charge in [-0.15, -0.1) is 0 Å². The molecule has 3 rings (SSSR count). The number of furan rings is 1. The molecule has 0 fully saturated rings. The lowest BCUT2D eigenvalue weighted by molar-refractivity contribution is 0.668. The van der Waals surface area contributed by atoms with Crippen molar-refractivity contribution in [2.75, 3.05) is 0 Å². The normalized spacial score (nSPS) is 15.8. The van der Waals surface area contributed by atoms with Gasteiger partial charge in [-0.05, 0) is 36.7 Å². The maximum absolute atomic E-state index is 8.20. The van der Waals surface area contributed by atoms with E-state index in [9.17, 15) is 0 Å². The summed E-state index contributed by atoms with van der Waals surface area (Å²) in [6, 6.07) is -0.684. The molecular weight excluding hydrogens is 287 g/mol. The van der Waals surface area contributed by atoms with Crippen molar-refractivity contribution >= 4 is 49.5 Å². The highest BCUT2D eigenvalue weighted by Gasteiger charge is 2.11. The summed E-state index contributed by atoms with van der Waals surface area (Å²) < 4.78 is 45.7. The highest BCUT2D eigenvalue weighted by Crippen LogP contribution is 2.36. The van der Waals surface area contributed by atoms with Crippen LogP contribution in [0.3, 0.4) is 0 Å². The predicted molar refractivity (Wildman–Crippen MR) is 71.2 cm³/mol. The van der Waals surface area contributed by atoms with Gasteiger partial charge in [0.2, 0.25) is 0 Å².